The fraction of sp³-hybridized carbons (Fsp3) is 0.111. The maximum atomic E-state index is 12.5. The van der Waals surface area contributed by atoms with E-state index in [1.54, 1.807) is 25.1 Å². The number of fused-ring (bicyclic) bond motifs is 1. The van der Waals surface area contributed by atoms with Crippen molar-refractivity contribution in [3.63, 3.8) is 0 Å². The fourth-order valence-electron chi connectivity index (χ4n) is 2.51. The summed E-state index contributed by atoms with van der Waals surface area (Å²) in [6.45, 7) is 3.77. The maximum absolute atomic E-state index is 12.5. The number of amides is 1. The van der Waals surface area contributed by atoms with E-state index in [0.29, 0.717) is 16.5 Å². The monoisotopic (exact) mass is 292 g/mol. The number of hydrogen-bond donors (Lipinski definition) is 2. The van der Waals surface area contributed by atoms with E-state index in [4.69, 9.17) is 0 Å². The highest BCUT2D eigenvalue weighted by Gasteiger charge is 2.12. The number of aromatic nitrogens is 1. The van der Waals surface area contributed by atoms with Crippen LogP contribution in [-0.4, -0.2) is 10.9 Å². The number of carbonyl (C=O) groups is 1. The summed E-state index contributed by atoms with van der Waals surface area (Å²) < 4.78 is 0. The van der Waals surface area contributed by atoms with E-state index < -0.39 is 0 Å². The molecule has 22 heavy (non-hydrogen) atoms. The first kappa shape index (κ1) is 14.1. The van der Waals surface area contributed by atoms with Crippen LogP contribution in [0, 0.1) is 13.8 Å². The van der Waals surface area contributed by atoms with Gasteiger partial charge in [0.05, 0.1) is 11.1 Å². The first-order valence-corrected chi connectivity index (χ1v) is 7.05. The smallest absolute Gasteiger partial charge is 0.257 e. The number of aryl methyl sites for hydroxylation is 2. The van der Waals surface area contributed by atoms with Crippen LogP contribution in [0.25, 0.3) is 10.9 Å². The molecule has 0 unspecified atom stereocenters. The molecule has 0 atom stereocenters. The van der Waals surface area contributed by atoms with Crippen LogP contribution in [0.3, 0.4) is 0 Å². The Bertz CT molecular complexity index is 926. The zero-order valence-corrected chi connectivity index (χ0v) is 12.4. The Kier molecular flexibility index (Phi) is 3.51. The van der Waals surface area contributed by atoms with Crippen molar-refractivity contribution in [2.75, 3.05) is 5.32 Å². The number of carbonyl (C=O) groups excluding carboxylic acids is 1. The third-order valence-electron chi connectivity index (χ3n) is 3.52. The van der Waals surface area contributed by atoms with E-state index in [1.807, 2.05) is 31.2 Å². The summed E-state index contributed by atoms with van der Waals surface area (Å²) in [6.07, 6.45) is 0. The Morgan fingerprint density at radius 2 is 1.82 bits per heavy atom. The highest BCUT2D eigenvalue weighted by Crippen LogP contribution is 2.17. The van der Waals surface area contributed by atoms with Crippen molar-refractivity contribution < 1.29 is 4.79 Å². The van der Waals surface area contributed by atoms with Crippen molar-refractivity contribution in [1.29, 1.82) is 0 Å². The molecule has 4 heteroatoms. The van der Waals surface area contributed by atoms with E-state index in [-0.39, 0.29) is 11.3 Å². The highest BCUT2D eigenvalue weighted by atomic mass is 16.1. The molecule has 2 N–H and O–H groups in total. The number of benzene rings is 2. The number of hydrogen-bond acceptors (Lipinski definition) is 2. The van der Waals surface area contributed by atoms with Crippen molar-refractivity contribution in [2.45, 2.75) is 13.8 Å². The number of aromatic amines is 1. The van der Waals surface area contributed by atoms with E-state index >= 15 is 0 Å². The zero-order valence-electron chi connectivity index (χ0n) is 12.4. The lowest BCUT2D eigenvalue weighted by atomic mass is 10.1. The molecule has 0 radical (unpaired) electrons. The maximum Gasteiger partial charge on any atom is 0.257 e. The molecule has 0 fully saturated rings. The summed E-state index contributed by atoms with van der Waals surface area (Å²) in [6, 6.07) is 14.3. The van der Waals surface area contributed by atoms with Crippen molar-refractivity contribution in [3.05, 3.63) is 75.6 Å². The Morgan fingerprint density at radius 3 is 2.59 bits per heavy atom. The Balaban J connectivity index is 2.06. The summed E-state index contributed by atoms with van der Waals surface area (Å²) in [5.41, 5.74) is 3.47. The molecule has 0 aliphatic rings. The average molecular weight is 292 g/mol. The van der Waals surface area contributed by atoms with E-state index in [9.17, 15) is 9.59 Å². The molecule has 1 heterocycles. The van der Waals surface area contributed by atoms with Gasteiger partial charge in [0.25, 0.3) is 5.91 Å². The molecule has 4 nitrogen and oxygen atoms in total. The van der Waals surface area contributed by atoms with E-state index in [1.165, 1.54) is 6.07 Å². The molecule has 3 aromatic rings. The minimum absolute atomic E-state index is 0.0866. The van der Waals surface area contributed by atoms with Gasteiger partial charge in [-0.2, -0.15) is 0 Å². The molecule has 0 bridgehead atoms. The van der Waals surface area contributed by atoms with Gasteiger partial charge in [-0.25, -0.2) is 0 Å². The molecule has 110 valence electrons. The Labute approximate surface area is 127 Å². The van der Waals surface area contributed by atoms with Gasteiger partial charge in [-0.15, -0.1) is 0 Å². The summed E-state index contributed by atoms with van der Waals surface area (Å²) in [5, 5.41) is 3.39. The SMILES string of the molecule is Cc1cccc(NC(=O)c2cccc3c(=O)cc(C)[nH]c23)c1. The number of nitrogens with one attached hydrogen (secondary N) is 2. The van der Waals surface area contributed by atoms with Gasteiger partial charge in [0.2, 0.25) is 0 Å². The summed E-state index contributed by atoms with van der Waals surface area (Å²) in [4.78, 5) is 27.7. The van der Waals surface area contributed by atoms with Crippen LogP contribution >= 0.6 is 0 Å². The minimum atomic E-state index is -0.238. The normalized spacial score (nSPS) is 10.6. The lowest BCUT2D eigenvalue weighted by Crippen LogP contribution is -2.14. The van der Waals surface area contributed by atoms with Gasteiger partial charge < -0.3 is 10.3 Å². The predicted octanol–water partition coefficient (Wildman–Crippen LogP) is 3.40. The standard InChI is InChI=1S/C18H16N2O2/c1-11-5-3-6-13(9-11)20-18(22)15-8-4-7-14-16(21)10-12(2)19-17(14)15/h3-10H,1-2H3,(H,19,21)(H,20,22). The van der Waals surface area contributed by atoms with Gasteiger partial charge in [-0.05, 0) is 43.7 Å². The summed E-state index contributed by atoms with van der Waals surface area (Å²) >= 11 is 0. The average Bonchev–Trinajstić information content (AvgIpc) is 2.46. The molecule has 0 aliphatic heterocycles. The second kappa shape index (κ2) is 5.48. The van der Waals surface area contributed by atoms with Gasteiger partial charge in [0.1, 0.15) is 0 Å². The number of pyridine rings is 1. The summed E-state index contributed by atoms with van der Waals surface area (Å²) in [5.74, 6) is -0.238. The molecule has 1 amide bonds. The van der Waals surface area contributed by atoms with Crippen LogP contribution in [0.1, 0.15) is 21.6 Å². The number of anilines is 1. The molecular formula is C18H16N2O2. The minimum Gasteiger partial charge on any atom is -0.358 e. The molecule has 0 aliphatic carbocycles. The van der Waals surface area contributed by atoms with Crippen LogP contribution in [0.2, 0.25) is 0 Å². The van der Waals surface area contributed by atoms with Gasteiger partial charge in [0, 0.05) is 22.8 Å². The molecular weight excluding hydrogens is 276 g/mol. The van der Waals surface area contributed by atoms with Gasteiger partial charge in [-0.1, -0.05) is 18.2 Å². The lowest BCUT2D eigenvalue weighted by molar-refractivity contribution is 0.102. The topological polar surface area (TPSA) is 62.0 Å². The number of rotatable bonds is 2. The van der Waals surface area contributed by atoms with Crippen molar-refractivity contribution in [1.82, 2.24) is 4.98 Å². The Hall–Kier alpha value is -2.88. The van der Waals surface area contributed by atoms with Crippen LogP contribution in [0.5, 0.6) is 0 Å². The predicted molar refractivity (Wildman–Crippen MR) is 88.4 cm³/mol. The second-order valence-corrected chi connectivity index (χ2v) is 5.37. The molecule has 2 aromatic carbocycles. The first-order chi connectivity index (χ1) is 10.5. The van der Waals surface area contributed by atoms with Crippen LogP contribution in [0.15, 0.2) is 53.3 Å². The van der Waals surface area contributed by atoms with Crippen molar-refractivity contribution >= 4 is 22.5 Å². The fourth-order valence-corrected chi connectivity index (χ4v) is 2.51. The van der Waals surface area contributed by atoms with Gasteiger partial charge in [0.15, 0.2) is 5.43 Å². The number of para-hydroxylation sites is 1. The first-order valence-electron chi connectivity index (χ1n) is 7.05. The third kappa shape index (κ3) is 2.63. The van der Waals surface area contributed by atoms with Gasteiger partial charge >= 0.3 is 0 Å². The molecule has 1 aromatic heterocycles. The van der Waals surface area contributed by atoms with Crippen LogP contribution in [-0.2, 0) is 0 Å². The van der Waals surface area contributed by atoms with E-state index in [2.05, 4.69) is 10.3 Å². The molecule has 0 saturated heterocycles. The van der Waals surface area contributed by atoms with Crippen molar-refractivity contribution in [3.8, 4) is 0 Å². The zero-order chi connectivity index (χ0) is 15.7. The molecule has 0 spiro atoms. The van der Waals surface area contributed by atoms with Crippen LogP contribution < -0.4 is 10.7 Å². The van der Waals surface area contributed by atoms with E-state index in [0.717, 1.165) is 16.9 Å². The van der Waals surface area contributed by atoms with Gasteiger partial charge in [-0.3, -0.25) is 9.59 Å². The summed E-state index contributed by atoms with van der Waals surface area (Å²) in [7, 11) is 0. The highest BCUT2D eigenvalue weighted by molar-refractivity contribution is 6.11. The Morgan fingerprint density at radius 1 is 1.05 bits per heavy atom. The van der Waals surface area contributed by atoms with Crippen molar-refractivity contribution in [2.24, 2.45) is 0 Å². The largest absolute Gasteiger partial charge is 0.358 e. The second-order valence-electron chi connectivity index (χ2n) is 5.37. The third-order valence-corrected chi connectivity index (χ3v) is 3.52. The molecule has 3 rings (SSSR count). The quantitative estimate of drug-likeness (QED) is 0.760. The number of H-pyrrole nitrogens is 1. The van der Waals surface area contributed by atoms with Crippen LogP contribution in [0.4, 0.5) is 5.69 Å². The molecule has 0 saturated carbocycles. The lowest BCUT2D eigenvalue weighted by Gasteiger charge is -2.09.